The van der Waals surface area contributed by atoms with Gasteiger partial charge in [0, 0.05) is 0 Å². The quantitative estimate of drug-likeness (QED) is 0.893. The fraction of sp³-hybridized carbons (Fsp3) is 0.308. The van der Waals surface area contributed by atoms with E-state index in [0.29, 0.717) is 6.42 Å². The summed E-state index contributed by atoms with van der Waals surface area (Å²) < 4.78 is 1.66. The van der Waals surface area contributed by atoms with E-state index in [4.69, 9.17) is 5.11 Å². The highest BCUT2D eigenvalue weighted by Crippen LogP contribution is 2.22. The minimum absolute atomic E-state index is 0.500. The summed E-state index contributed by atoms with van der Waals surface area (Å²) in [5.41, 5.74) is 1.14. The number of carbonyl (C=O) groups is 1. The van der Waals surface area contributed by atoms with Crippen LogP contribution in [-0.2, 0) is 11.2 Å². The molecular weight excluding hydrogens is 230 g/mol. The second-order valence-electron chi connectivity index (χ2n) is 4.88. The third-order valence-corrected chi connectivity index (χ3v) is 2.85. The van der Waals surface area contributed by atoms with Crippen LogP contribution in [0.2, 0.25) is 0 Å². The zero-order valence-electron chi connectivity index (χ0n) is 10.4. The molecule has 5 nitrogen and oxygen atoms in total. The van der Waals surface area contributed by atoms with Gasteiger partial charge in [0.05, 0.1) is 23.5 Å². The summed E-state index contributed by atoms with van der Waals surface area (Å²) in [7, 11) is 0. The van der Waals surface area contributed by atoms with Crippen molar-refractivity contribution in [3.63, 3.8) is 0 Å². The van der Waals surface area contributed by atoms with Gasteiger partial charge in [0.2, 0.25) is 0 Å². The van der Waals surface area contributed by atoms with Gasteiger partial charge in [-0.3, -0.25) is 4.79 Å². The third-order valence-electron chi connectivity index (χ3n) is 2.85. The zero-order valence-corrected chi connectivity index (χ0v) is 10.4. The fourth-order valence-corrected chi connectivity index (χ4v) is 1.70. The third kappa shape index (κ3) is 2.56. The molecule has 0 unspecified atom stereocenters. The first-order valence-electron chi connectivity index (χ1n) is 5.68. The van der Waals surface area contributed by atoms with Crippen LogP contribution in [0.3, 0.4) is 0 Å². The summed E-state index contributed by atoms with van der Waals surface area (Å²) in [6, 6.07) is 7.65. The predicted octanol–water partition coefficient (Wildman–Crippen LogP) is 1.92. The van der Waals surface area contributed by atoms with Gasteiger partial charge in [-0.15, -0.1) is 5.10 Å². The first-order valence-corrected chi connectivity index (χ1v) is 5.68. The van der Waals surface area contributed by atoms with Crippen molar-refractivity contribution < 1.29 is 9.90 Å². The van der Waals surface area contributed by atoms with Crippen molar-refractivity contribution in [1.29, 1.82) is 0 Å². The van der Waals surface area contributed by atoms with Crippen molar-refractivity contribution in [3.8, 4) is 5.69 Å². The number of carboxylic acid groups (broad SMARTS) is 1. The molecular formula is C13H15N3O2. The Morgan fingerprint density at radius 3 is 2.50 bits per heavy atom. The average molecular weight is 245 g/mol. The smallest absolute Gasteiger partial charge is 0.309 e. The molecule has 2 aromatic rings. The monoisotopic (exact) mass is 245 g/mol. The van der Waals surface area contributed by atoms with Crippen LogP contribution in [0.15, 0.2) is 36.7 Å². The van der Waals surface area contributed by atoms with Crippen LogP contribution in [0, 0.1) is 5.41 Å². The Morgan fingerprint density at radius 1 is 1.33 bits per heavy atom. The van der Waals surface area contributed by atoms with Crippen molar-refractivity contribution >= 4 is 5.97 Å². The van der Waals surface area contributed by atoms with Crippen LogP contribution in [0.5, 0.6) is 0 Å². The van der Waals surface area contributed by atoms with Crippen LogP contribution in [0.25, 0.3) is 5.69 Å². The highest BCUT2D eigenvalue weighted by molar-refractivity contribution is 5.74. The van der Waals surface area contributed by atoms with E-state index >= 15 is 0 Å². The van der Waals surface area contributed by atoms with Crippen molar-refractivity contribution in [2.45, 2.75) is 20.3 Å². The molecule has 1 aromatic carbocycles. The van der Waals surface area contributed by atoms with Crippen LogP contribution >= 0.6 is 0 Å². The van der Waals surface area contributed by atoms with Gasteiger partial charge in [-0.1, -0.05) is 17.3 Å². The van der Waals surface area contributed by atoms with Crippen LogP contribution in [-0.4, -0.2) is 26.1 Å². The summed E-state index contributed by atoms with van der Waals surface area (Å²) in [5.74, 6) is -0.789. The van der Waals surface area contributed by atoms with Gasteiger partial charge in [0.15, 0.2) is 0 Å². The van der Waals surface area contributed by atoms with Gasteiger partial charge in [0.1, 0.15) is 0 Å². The number of aromatic nitrogens is 3. The molecule has 1 aromatic heterocycles. The van der Waals surface area contributed by atoms with E-state index in [-0.39, 0.29) is 0 Å². The van der Waals surface area contributed by atoms with E-state index in [1.165, 1.54) is 0 Å². The fourth-order valence-electron chi connectivity index (χ4n) is 1.70. The Hall–Kier alpha value is -2.17. The Kier molecular flexibility index (Phi) is 3.14. The normalized spacial score (nSPS) is 11.4. The lowest BCUT2D eigenvalue weighted by atomic mass is 9.86. The highest BCUT2D eigenvalue weighted by Gasteiger charge is 2.27. The minimum Gasteiger partial charge on any atom is -0.481 e. The molecule has 0 aliphatic carbocycles. The predicted molar refractivity (Wildman–Crippen MR) is 66.5 cm³/mol. The van der Waals surface area contributed by atoms with Gasteiger partial charge in [0.25, 0.3) is 0 Å². The first-order chi connectivity index (χ1) is 8.49. The second-order valence-corrected chi connectivity index (χ2v) is 4.88. The summed E-state index contributed by atoms with van der Waals surface area (Å²) in [5, 5.41) is 16.7. The van der Waals surface area contributed by atoms with Gasteiger partial charge < -0.3 is 5.11 Å². The molecule has 0 saturated carbocycles. The number of carboxylic acids is 1. The van der Waals surface area contributed by atoms with Gasteiger partial charge in [-0.05, 0) is 38.0 Å². The minimum atomic E-state index is -0.789. The maximum atomic E-state index is 11.1. The number of hydrogen-bond donors (Lipinski definition) is 1. The lowest BCUT2D eigenvalue weighted by Crippen LogP contribution is -2.26. The largest absolute Gasteiger partial charge is 0.481 e. The standard InChI is InChI=1S/C13H15N3O2/c1-13(2,12(17)18)9-10-3-5-11(6-4-10)16-8-7-14-15-16/h3-8H,9H2,1-2H3,(H,17,18). The molecule has 1 N–H and O–H groups in total. The van der Waals surface area contributed by atoms with Gasteiger partial charge in [-0.25, -0.2) is 4.68 Å². The molecule has 0 aliphatic rings. The van der Waals surface area contributed by atoms with Crippen molar-refractivity contribution in [3.05, 3.63) is 42.2 Å². The lowest BCUT2D eigenvalue weighted by Gasteiger charge is -2.18. The summed E-state index contributed by atoms with van der Waals surface area (Å²) in [4.78, 5) is 11.1. The Balaban J connectivity index is 2.16. The number of hydrogen-bond acceptors (Lipinski definition) is 3. The molecule has 5 heteroatoms. The van der Waals surface area contributed by atoms with Crippen LogP contribution in [0.1, 0.15) is 19.4 Å². The molecule has 2 rings (SSSR count). The molecule has 0 bridgehead atoms. The van der Waals surface area contributed by atoms with E-state index in [0.717, 1.165) is 11.3 Å². The Bertz CT molecular complexity index is 530. The molecule has 0 fully saturated rings. The summed E-state index contributed by atoms with van der Waals surface area (Å²) in [6.45, 7) is 3.45. The molecule has 1 heterocycles. The van der Waals surface area contributed by atoms with E-state index in [1.54, 1.807) is 30.9 Å². The van der Waals surface area contributed by atoms with Crippen molar-refractivity contribution in [2.75, 3.05) is 0 Å². The van der Waals surface area contributed by atoms with Crippen LogP contribution < -0.4 is 0 Å². The van der Waals surface area contributed by atoms with E-state index in [2.05, 4.69) is 10.3 Å². The topological polar surface area (TPSA) is 68.0 Å². The number of benzene rings is 1. The molecule has 0 amide bonds. The number of aliphatic carboxylic acids is 1. The average Bonchev–Trinajstić information content (AvgIpc) is 2.83. The lowest BCUT2D eigenvalue weighted by molar-refractivity contribution is -0.146. The molecule has 0 radical (unpaired) electrons. The van der Waals surface area contributed by atoms with E-state index in [9.17, 15) is 4.79 Å². The summed E-state index contributed by atoms with van der Waals surface area (Å²) in [6.07, 6.45) is 3.87. The first kappa shape index (κ1) is 12.3. The van der Waals surface area contributed by atoms with Crippen molar-refractivity contribution in [1.82, 2.24) is 15.0 Å². The van der Waals surface area contributed by atoms with Gasteiger partial charge >= 0.3 is 5.97 Å². The highest BCUT2D eigenvalue weighted by atomic mass is 16.4. The molecule has 0 aliphatic heterocycles. The van der Waals surface area contributed by atoms with E-state index in [1.807, 2.05) is 24.3 Å². The SMILES string of the molecule is CC(C)(Cc1ccc(-n2ccnn2)cc1)C(=O)O. The Morgan fingerprint density at radius 2 is 2.00 bits per heavy atom. The molecule has 18 heavy (non-hydrogen) atoms. The zero-order chi connectivity index (χ0) is 13.2. The molecule has 94 valence electrons. The molecule has 0 spiro atoms. The number of rotatable bonds is 4. The van der Waals surface area contributed by atoms with Gasteiger partial charge in [-0.2, -0.15) is 0 Å². The van der Waals surface area contributed by atoms with Crippen molar-refractivity contribution in [2.24, 2.45) is 5.41 Å². The maximum Gasteiger partial charge on any atom is 0.309 e. The van der Waals surface area contributed by atoms with E-state index < -0.39 is 11.4 Å². The summed E-state index contributed by atoms with van der Waals surface area (Å²) >= 11 is 0. The Labute approximate surface area is 105 Å². The van der Waals surface area contributed by atoms with Crippen LogP contribution in [0.4, 0.5) is 0 Å². The molecule has 0 atom stereocenters. The second kappa shape index (κ2) is 4.60. The maximum absolute atomic E-state index is 11.1. The molecule has 0 saturated heterocycles. The number of nitrogens with zero attached hydrogens (tertiary/aromatic N) is 3.